The highest BCUT2D eigenvalue weighted by molar-refractivity contribution is 4.86. The first-order chi connectivity index (χ1) is 6.62. The minimum atomic E-state index is 1.19. The number of hydrogen-bond donors (Lipinski definition) is 1. The SMILES string of the molecule is C=C(C)CCCC[N+]1(C)CCNCC1. The standard InChI is InChI=1S/C12H25N2/c1-12(2)6-4-5-9-14(3)10-7-13-8-11-14/h13H,1,4-11H2,2-3H3/q+1. The van der Waals surface area contributed by atoms with Gasteiger partial charge in [-0.25, -0.2) is 0 Å². The van der Waals surface area contributed by atoms with Gasteiger partial charge in [0.2, 0.25) is 0 Å². The predicted octanol–water partition coefficient (Wildman–Crippen LogP) is 1.78. The zero-order valence-electron chi connectivity index (χ0n) is 9.81. The van der Waals surface area contributed by atoms with E-state index in [0.29, 0.717) is 0 Å². The summed E-state index contributed by atoms with van der Waals surface area (Å²) in [6.45, 7) is 12.4. The van der Waals surface area contributed by atoms with Crippen molar-refractivity contribution < 1.29 is 4.48 Å². The summed E-state index contributed by atoms with van der Waals surface area (Å²) >= 11 is 0. The first kappa shape index (κ1) is 11.7. The Morgan fingerprint density at radius 2 is 1.93 bits per heavy atom. The topological polar surface area (TPSA) is 12.0 Å². The van der Waals surface area contributed by atoms with Crippen molar-refractivity contribution in [2.24, 2.45) is 0 Å². The minimum absolute atomic E-state index is 1.19. The molecule has 0 spiro atoms. The predicted molar refractivity (Wildman–Crippen MR) is 62.3 cm³/mol. The number of allylic oxidation sites excluding steroid dienone is 1. The van der Waals surface area contributed by atoms with Crippen molar-refractivity contribution in [2.75, 3.05) is 39.8 Å². The van der Waals surface area contributed by atoms with Gasteiger partial charge in [0.25, 0.3) is 0 Å². The van der Waals surface area contributed by atoms with Crippen LogP contribution in [-0.2, 0) is 0 Å². The molecule has 1 heterocycles. The highest BCUT2D eigenvalue weighted by atomic mass is 15.4. The van der Waals surface area contributed by atoms with E-state index < -0.39 is 0 Å². The van der Waals surface area contributed by atoms with Crippen LogP contribution in [0.4, 0.5) is 0 Å². The van der Waals surface area contributed by atoms with E-state index in [1.54, 1.807) is 0 Å². The van der Waals surface area contributed by atoms with Gasteiger partial charge in [-0.05, 0) is 26.2 Å². The van der Waals surface area contributed by atoms with Crippen molar-refractivity contribution in [3.05, 3.63) is 12.2 Å². The Morgan fingerprint density at radius 3 is 2.50 bits per heavy atom. The van der Waals surface area contributed by atoms with Crippen LogP contribution in [-0.4, -0.2) is 44.3 Å². The number of nitrogens with one attached hydrogen (secondary N) is 1. The molecule has 14 heavy (non-hydrogen) atoms. The number of unbranched alkanes of at least 4 members (excludes halogenated alkanes) is 1. The van der Waals surface area contributed by atoms with Gasteiger partial charge >= 0.3 is 0 Å². The summed E-state index contributed by atoms with van der Waals surface area (Å²) in [5.74, 6) is 0. The monoisotopic (exact) mass is 197 g/mol. The molecule has 1 aliphatic heterocycles. The van der Waals surface area contributed by atoms with Crippen LogP contribution in [0.25, 0.3) is 0 Å². The van der Waals surface area contributed by atoms with Crippen LogP contribution < -0.4 is 5.32 Å². The summed E-state index contributed by atoms with van der Waals surface area (Å²) in [7, 11) is 2.39. The van der Waals surface area contributed by atoms with E-state index in [1.807, 2.05) is 0 Å². The third-order valence-corrected chi connectivity index (χ3v) is 3.21. The number of piperazine rings is 1. The molecule has 0 aromatic carbocycles. The first-order valence-electron chi connectivity index (χ1n) is 5.81. The zero-order valence-corrected chi connectivity index (χ0v) is 9.81. The fourth-order valence-electron chi connectivity index (χ4n) is 2.08. The third kappa shape index (κ3) is 4.25. The lowest BCUT2D eigenvalue weighted by molar-refractivity contribution is -0.911. The maximum atomic E-state index is 3.94. The van der Waals surface area contributed by atoms with E-state index in [0.717, 1.165) is 0 Å². The molecule has 82 valence electrons. The molecule has 0 saturated carbocycles. The number of rotatable bonds is 5. The summed E-state index contributed by atoms with van der Waals surface area (Å²) in [6, 6.07) is 0. The van der Waals surface area contributed by atoms with E-state index in [4.69, 9.17) is 0 Å². The maximum absolute atomic E-state index is 3.94. The zero-order chi connectivity index (χ0) is 10.4. The van der Waals surface area contributed by atoms with Gasteiger partial charge in [0.1, 0.15) is 0 Å². The lowest BCUT2D eigenvalue weighted by Gasteiger charge is -2.38. The molecular formula is C12H25N2+. The molecule has 0 aliphatic carbocycles. The van der Waals surface area contributed by atoms with Crippen LogP contribution in [0.5, 0.6) is 0 Å². The fraction of sp³-hybridized carbons (Fsp3) is 0.833. The van der Waals surface area contributed by atoms with Crippen LogP contribution in [0, 0.1) is 0 Å². The van der Waals surface area contributed by atoms with Gasteiger partial charge in [0.15, 0.2) is 0 Å². The number of quaternary nitrogens is 1. The summed E-state index contributed by atoms with van der Waals surface area (Å²) in [6.07, 6.45) is 3.87. The van der Waals surface area contributed by atoms with E-state index in [2.05, 4.69) is 25.9 Å². The van der Waals surface area contributed by atoms with Gasteiger partial charge in [-0.15, -0.1) is 6.58 Å². The number of likely N-dealkylation sites (N-methyl/N-ethyl adjacent to an activating group) is 1. The van der Waals surface area contributed by atoms with Crippen molar-refractivity contribution in [2.45, 2.75) is 26.2 Å². The number of nitrogens with zero attached hydrogens (tertiary/aromatic N) is 1. The van der Waals surface area contributed by atoms with Crippen molar-refractivity contribution in [3.8, 4) is 0 Å². The molecule has 1 fully saturated rings. The second-order valence-corrected chi connectivity index (χ2v) is 4.95. The van der Waals surface area contributed by atoms with Gasteiger partial charge < -0.3 is 9.80 Å². The van der Waals surface area contributed by atoms with Crippen LogP contribution in [0.3, 0.4) is 0 Å². The number of hydrogen-bond acceptors (Lipinski definition) is 1. The molecular weight excluding hydrogens is 172 g/mol. The Bertz CT molecular complexity index is 181. The Morgan fingerprint density at radius 1 is 1.29 bits per heavy atom. The largest absolute Gasteiger partial charge is 0.324 e. The molecule has 0 unspecified atom stereocenters. The average Bonchev–Trinajstić information content (AvgIpc) is 2.14. The lowest BCUT2D eigenvalue weighted by Crippen LogP contribution is -2.56. The first-order valence-corrected chi connectivity index (χ1v) is 5.81. The summed E-state index contributed by atoms with van der Waals surface area (Å²) in [4.78, 5) is 0. The van der Waals surface area contributed by atoms with E-state index >= 15 is 0 Å². The average molecular weight is 197 g/mol. The molecule has 1 aliphatic rings. The quantitative estimate of drug-likeness (QED) is 0.402. The van der Waals surface area contributed by atoms with Gasteiger partial charge in [-0.3, -0.25) is 0 Å². The Balaban J connectivity index is 2.12. The molecule has 1 rings (SSSR count). The molecule has 1 N–H and O–H groups in total. The molecule has 1 saturated heterocycles. The molecule has 0 bridgehead atoms. The van der Waals surface area contributed by atoms with Gasteiger partial charge in [-0.1, -0.05) is 5.57 Å². The van der Waals surface area contributed by atoms with E-state index in [-0.39, 0.29) is 0 Å². The van der Waals surface area contributed by atoms with E-state index in [9.17, 15) is 0 Å². The molecule has 0 atom stereocenters. The molecule has 0 radical (unpaired) electrons. The smallest absolute Gasteiger partial charge is 0.0911 e. The van der Waals surface area contributed by atoms with Crippen molar-refractivity contribution >= 4 is 0 Å². The van der Waals surface area contributed by atoms with Crippen molar-refractivity contribution in [1.29, 1.82) is 0 Å². The van der Waals surface area contributed by atoms with Gasteiger partial charge in [-0.2, -0.15) is 0 Å². The van der Waals surface area contributed by atoms with Crippen LogP contribution in [0.2, 0.25) is 0 Å². The van der Waals surface area contributed by atoms with Crippen LogP contribution in [0.15, 0.2) is 12.2 Å². The maximum Gasteiger partial charge on any atom is 0.0911 e. The van der Waals surface area contributed by atoms with Crippen molar-refractivity contribution in [3.63, 3.8) is 0 Å². The van der Waals surface area contributed by atoms with Gasteiger partial charge in [0, 0.05) is 13.1 Å². The fourth-order valence-corrected chi connectivity index (χ4v) is 2.08. The second-order valence-electron chi connectivity index (χ2n) is 4.95. The van der Waals surface area contributed by atoms with Crippen LogP contribution >= 0.6 is 0 Å². The van der Waals surface area contributed by atoms with Crippen molar-refractivity contribution in [1.82, 2.24) is 5.32 Å². The molecule has 0 aromatic rings. The summed E-state index contributed by atoms with van der Waals surface area (Å²) < 4.78 is 1.27. The Labute approximate surface area is 88.6 Å². The highest BCUT2D eigenvalue weighted by Gasteiger charge is 2.23. The highest BCUT2D eigenvalue weighted by Crippen LogP contribution is 2.10. The summed E-state index contributed by atoms with van der Waals surface area (Å²) in [5, 5.41) is 3.42. The molecule has 0 aromatic heterocycles. The Hall–Kier alpha value is -0.340. The second kappa shape index (κ2) is 5.52. The van der Waals surface area contributed by atoms with E-state index in [1.165, 1.54) is 62.0 Å². The Kier molecular flexibility index (Phi) is 4.63. The molecule has 2 heteroatoms. The minimum Gasteiger partial charge on any atom is -0.324 e. The lowest BCUT2D eigenvalue weighted by atomic mass is 10.1. The summed E-state index contributed by atoms with van der Waals surface area (Å²) in [5.41, 5.74) is 1.33. The van der Waals surface area contributed by atoms with Gasteiger partial charge in [0.05, 0.1) is 26.7 Å². The normalized spacial score (nSPS) is 20.7. The molecule has 0 amide bonds. The van der Waals surface area contributed by atoms with Crippen LogP contribution in [0.1, 0.15) is 26.2 Å². The molecule has 2 nitrogen and oxygen atoms in total. The third-order valence-electron chi connectivity index (χ3n) is 3.21.